The molecule has 0 saturated heterocycles. The normalized spacial score (nSPS) is 10.6. The van der Waals surface area contributed by atoms with E-state index in [0.717, 1.165) is 6.42 Å². The Morgan fingerprint density at radius 2 is 1.89 bits per heavy atom. The third kappa shape index (κ3) is 4.07. The molecule has 0 aliphatic heterocycles. The summed E-state index contributed by atoms with van der Waals surface area (Å²) in [4.78, 5) is 11.9. The fourth-order valence-corrected chi connectivity index (χ4v) is 2.10. The van der Waals surface area contributed by atoms with E-state index in [2.05, 4.69) is 19.2 Å². The second kappa shape index (κ2) is 6.86. The van der Waals surface area contributed by atoms with Gasteiger partial charge in [-0.15, -0.1) is 0 Å². The van der Waals surface area contributed by atoms with Gasteiger partial charge in [0.1, 0.15) is 0 Å². The first-order valence-corrected chi connectivity index (χ1v) is 6.52. The third-order valence-corrected chi connectivity index (χ3v) is 3.03. The van der Waals surface area contributed by atoms with Crippen molar-refractivity contribution in [2.45, 2.75) is 20.3 Å². The van der Waals surface area contributed by atoms with Gasteiger partial charge in [0.15, 0.2) is 5.75 Å². The number of rotatable bonds is 5. The van der Waals surface area contributed by atoms with Crippen molar-refractivity contribution in [3.05, 3.63) is 27.7 Å². The Hall–Kier alpha value is -0.930. The maximum atomic E-state index is 11.9. The van der Waals surface area contributed by atoms with Gasteiger partial charge in [-0.2, -0.15) is 0 Å². The van der Waals surface area contributed by atoms with Gasteiger partial charge in [0.25, 0.3) is 5.91 Å². The number of nitrogens with one attached hydrogen (secondary N) is 1. The Labute approximate surface area is 117 Å². The monoisotopic (exact) mass is 289 g/mol. The third-order valence-electron chi connectivity index (χ3n) is 2.47. The van der Waals surface area contributed by atoms with Crippen LogP contribution in [-0.4, -0.2) is 19.6 Å². The van der Waals surface area contributed by atoms with Crippen LogP contribution in [-0.2, 0) is 0 Å². The second-order valence-electron chi connectivity index (χ2n) is 4.41. The predicted octanol–water partition coefficient (Wildman–Crippen LogP) is 3.78. The van der Waals surface area contributed by atoms with E-state index in [9.17, 15) is 4.79 Å². The number of hydrogen-bond acceptors (Lipinski definition) is 2. The first-order valence-electron chi connectivity index (χ1n) is 5.77. The van der Waals surface area contributed by atoms with E-state index < -0.39 is 0 Å². The molecule has 0 aliphatic carbocycles. The molecule has 0 fully saturated rings. The van der Waals surface area contributed by atoms with Crippen molar-refractivity contribution in [3.8, 4) is 5.75 Å². The maximum Gasteiger partial charge on any atom is 0.251 e. The minimum absolute atomic E-state index is 0.179. The largest absolute Gasteiger partial charge is 0.494 e. The van der Waals surface area contributed by atoms with Crippen molar-refractivity contribution in [2.75, 3.05) is 13.7 Å². The van der Waals surface area contributed by atoms with Crippen LogP contribution >= 0.6 is 23.2 Å². The summed E-state index contributed by atoms with van der Waals surface area (Å²) in [6, 6.07) is 3.11. The average molecular weight is 290 g/mol. The minimum atomic E-state index is -0.179. The summed E-state index contributed by atoms with van der Waals surface area (Å²) in [6.07, 6.45) is 0.934. The summed E-state index contributed by atoms with van der Waals surface area (Å²) in [7, 11) is 1.48. The summed E-state index contributed by atoms with van der Waals surface area (Å²) in [5.41, 5.74) is 0.439. The van der Waals surface area contributed by atoms with E-state index in [1.807, 2.05) is 0 Å². The molecule has 0 aromatic heterocycles. The highest BCUT2D eigenvalue weighted by Gasteiger charge is 2.13. The van der Waals surface area contributed by atoms with Gasteiger partial charge in [-0.3, -0.25) is 4.79 Å². The van der Waals surface area contributed by atoms with Crippen molar-refractivity contribution in [2.24, 2.45) is 5.92 Å². The van der Waals surface area contributed by atoms with Gasteiger partial charge in [-0.05, 0) is 24.5 Å². The predicted molar refractivity (Wildman–Crippen MR) is 74.8 cm³/mol. The number of halogens is 2. The van der Waals surface area contributed by atoms with Crippen molar-refractivity contribution in [1.82, 2.24) is 5.32 Å². The van der Waals surface area contributed by atoms with Gasteiger partial charge in [0.2, 0.25) is 0 Å². The highest BCUT2D eigenvalue weighted by atomic mass is 35.5. The Morgan fingerprint density at radius 3 is 2.33 bits per heavy atom. The van der Waals surface area contributed by atoms with Crippen LogP contribution in [0, 0.1) is 5.92 Å². The lowest BCUT2D eigenvalue weighted by molar-refractivity contribution is 0.0952. The highest BCUT2D eigenvalue weighted by Crippen LogP contribution is 2.33. The molecule has 0 bridgehead atoms. The lowest BCUT2D eigenvalue weighted by Crippen LogP contribution is -2.25. The zero-order valence-electron chi connectivity index (χ0n) is 10.7. The Kier molecular flexibility index (Phi) is 5.76. The van der Waals surface area contributed by atoms with Crippen LogP contribution in [0.1, 0.15) is 30.6 Å². The van der Waals surface area contributed by atoms with E-state index in [1.54, 1.807) is 12.1 Å². The van der Waals surface area contributed by atoms with Crippen molar-refractivity contribution >= 4 is 29.1 Å². The lowest BCUT2D eigenvalue weighted by atomic mass is 10.1. The van der Waals surface area contributed by atoms with Gasteiger partial charge >= 0.3 is 0 Å². The number of benzene rings is 1. The van der Waals surface area contributed by atoms with Gasteiger partial charge in [0, 0.05) is 12.1 Å². The van der Waals surface area contributed by atoms with Crippen LogP contribution in [0.15, 0.2) is 12.1 Å². The molecule has 100 valence electrons. The van der Waals surface area contributed by atoms with Gasteiger partial charge in [-0.25, -0.2) is 0 Å². The molecule has 18 heavy (non-hydrogen) atoms. The highest BCUT2D eigenvalue weighted by molar-refractivity contribution is 6.37. The zero-order chi connectivity index (χ0) is 13.7. The van der Waals surface area contributed by atoms with Gasteiger partial charge in [0.05, 0.1) is 17.2 Å². The fourth-order valence-electron chi connectivity index (χ4n) is 1.46. The summed E-state index contributed by atoms with van der Waals surface area (Å²) >= 11 is 11.9. The number of carbonyl (C=O) groups is 1. The number of amides is 1. The zero-order valence-corrected chi connectivity index (χ0v) is 12.2. The summed E-state index contributed by atoms with van der Waals surface area (Å²) in [5.74, 6) is 0.757. The standard InChI is InChI=1S/C13H17Cl2NO2/c1-8(2)4-5-16-13(17)9-6-10(14)12(18-3)11(15)7-9/h6-8H,4-5H2,1-3H3,(H,16,17). The van der Waals surface area contributed by atoms with E-state index in [-0.39, 0.29) is 5.91 Å². The second-order valence-corrected chi connectivity index (χ2v) is 5.23. The molecule has 1 amide bonds. The number of hydrogen-bond donors (Lipinski definition) is 1. The first kappa shape index (κ1) is 15.1. The first-order chi connectivity index (χ1) is 8.45. The Balaban J connectivity index is 2.75. The average Bonchev–Trinajstić information content (AvgIpc) is 2.27. The Bertz CT molecular complexity index is 410. The van der Waals surface area contributed by atoms with Crippen LogP contribution < -0.4 is 10.1 Å². The van der Waals surface area contributed by atoms with Gasteiger partial charge < -0.3 is 10.1 Å². The summed E-state index contributed by atoms with van der Waals surface area (Å²) < 4.78 is 5.03. The molecule has 0 heterocycles. The van der Waals surface area contributed by atoms with Crippen LogP contribution in [0.3, 0.4) is 0 Å². The van der Waals surface area contributed by atoms with E-state index in [4.69, 9.17) is 27.9 Å². The molecule has 5 heteroatoms. The molecule has 3 nitrogen and oxygen atoms in total. The molecule has 0 aliphatic rings. The molecule has 1 aromatic rings. The van der Waals surface area contributed by atoms with Crippen molar-refractivity contribution < 1.29 is 9.53 Å². The molecular formula is C13H17Cl2NO2. The minimum Gasteiger partial charge on any atom is -0.494 e. The summed E-state index contributed by atoms with van der Waals surface area (Å²) in [5, 5.41) is 3.49. The SMILES string of the molecule is COc1c(Cl)cc(C(=O)NCCC(C)C)cc1Cl. The quantitative estimate of drug-likeness (QED) is 0.896. The van der Waals surface area contributed by atoms with Crippen LogP contribution in [0.25, 0.3) is 0 Å². The molecule has 0 saturated carbocycles. The molecule has 1 N–H and O–H groups in total. The summed E-state index contributed by atoms with van der Waals surface area (Å²) in [6.45, 7) is 4.85. The maximum absolute atomic E-state index is 11.9. The molecule has 0 spiro atoms. The lowest BCUT2D eigenvalue weighted by Gasteiger charge is -2.10. The van der Waals surface area contributed by atoms with Crippen molar-refractivity contribution in [1.29, 1.82) is 0 Å². The molecule has 0 radical (unpaired) electrons. The van der Waals surface area contributed by atoms with E-state index in [0.29, 0.717) is 33.8 Å². The fraction of sp³-hybridized carbons (Fsp3) is 0.462. The van der Waals surface area contributed by atoms with Gasteiger partial charge in [-0.1, -0.05) is 37.0 Å². The number of methoxy groups -OCH3 is 1. The van der Waals surface area contributed by atoms with Crippen LogP contribution in [0.4, 0.5) is 0 Å². The smallest absolute Gasteiger partial charge is 0.251 e. The molecule has 1 rings (SSSR count). The molecular weight excluding hydrogens is 273 g/mol. The Morgan fingerprint density at radius 1 is 1.33 bits per heavy atom. The van der Waals surface area contributed by atoms with Crippen LogP contribution in [0.2, 0.25) is 10.0 Å². The van der Waals surface area contributed by atoms with E-state index >= 15 is 0 Å². The molecule has 1 aromatic carbocycles. The van der Waals surface area contributed by atoms with Crippen LogP contribution in [0.5, 0.6) is 5.75 Å². The molecule has 0 atom stereocenters. The molecule has 0 unspecified atom stereocenters. The van der Waals surface area contributed by atoms with Crippen molar-refractivity contribution in [3.63, 3.8) is 0 Å². The number of carbonyl (C=O) groups excluding carboxylic acids is 1. The van der Waals surface area contributed by atoms with E-state index in [1.165, 1.54) is 7.11 Å². The number of ether oxygens (including phenoxy) is 1. The topological polar surface area (TPSA) is 38.3 Å².